The predicted octanol–water partition coefficient (Wildman–Crippen LogP) is 0.326. The first kappa shape index (κ1) is 13.5. The van der Waals surface area contributed by atoms with E-state index in [0.29, 0.717) is 25.2 Å². The van der Waals surface area contributed by atoms with Crippen molar-refractivity contribution in [3.8, 4) is 0 Å². The number of piperidine rings is 1. The molecule has 2 heterocycles. The van der Waals surface area contributed by atoms with Gasteiger partial charge in [0.1, 0.15) is 0 Å². The Morgan fingerprint density at radius 1 is 1.47 bits per heavy atom. The SMILES string of the molecule is CCCC(=O)NC1CCN(C(=O)c2cn[nH]n2)CC1. The fraction of sp³-hybridized carbons (Fsp3) is 0.667. The van der Waals surface area contributed by atoms with Crippen LogP contribution in [0.3, 0.4) is 0 Å². The Hall–Kier alpha value is -1.92. The van der Waals surface area contributed by atoms with E-state index in [-0.39, 0.29) is 17.9 Å². The van der Waals surface area contributed by atoms with Gasteiger partial charge in [-0.1, -0.05) is 6.92 Å². The van der Waals surface area contributed by atoms with Gasteiger partial charge in [0.2, 0.25) is 5.91 Å². The maximum absolute atomic E-state index is 12.0. The van der Waals surface area contributed by atoms with Crippen LogP contribution >= 0.6 is 0 Å². The molecule has 104 valence electrons. The van der Waals surface area contributed by atoms with Crippen molar-refractivity contribution in [2.24, 2.45) is 0 Å². The summed E-state index contributed by atoms with van der Waals surface area (Å²) in [6, 6.07) is 0.181. The number of rotatable bonds is 4. The summed E-state index contributed by atoms with van der Waals surface area (Å²) in [6.45, 7) is 3.27. The molecule has 0 aromatic carbocycles. The number of aromatic amines is 1. The highest BCUT2D eigenvalue weighted by Gasteiger charge is 2.25. The number of hydrogen-bond acceptors (Lipinski definition) is 4. The molecule has 0 atom stereocenters. The number of carbonyl (C=O) groups excluding carboxylic acids is 2. The standard InChI is InChI=1S/C12H19N5O2/c1-2-3-11(18)14-9-4-6-17(7-5-9)12(19)10-8-13-16-15-10/h8-9H,2-7H2,1H3,(H,14,18)(H,13,15,16). The second kappa shape index (κ2) is 6.31. The van der Waals surface area contributed by atoms with Crippen molar-refractivity contribution in [2.75, 3.05) is 13.1 Å². The molecule has 0 bridgehead atoms. The van der Waals surface area contributed by atoms with E-state index in [1.54, 1.807) is 4.90 Å². The number of hydrogen-bond donors (Lipinski definition) is 2. The van der Waals surface area contributed by atoms with Crippen LogP contribution in [0.25, 0.3) is 0 Å². The van der Waals surface area contributed by atoms with E-state index in [1.165, 1.54) is 6.20 Å². The number of nitrogens with zero attached hydrogens (tertiary/aromatic N) is 3. The number of aromatic nitrogens is 3. The highest BCUT2D eigenvalue weighted by Crippen LogP contribution is 2.13. The van der Waals surface area contributed by atoms with Gasteiger partial charge in [0.25, 0.3) is 5.91 Å². The van der Waals surface area contributed by atoms with E-state index in [4.69, 9.17) is 0 Å². The van der Waals surface area contributed by atoms with E-state index in [0.717, 1.165) is 19.3 Å². The van der Waals surface area contributed by atoms with Crippen LogP contribution in [0.1, 0.15) is 43.1 Å². The molecule has 7 heteroatoms. The molecule has 1 aromatic heterocycles. The largest absolute Gasteiger partial charge is 0.353 e. The molecule has 1 aromatic rings. The van der Waals surface area contributed by atoms with Crippen LogP contribution in [0.2, 0.25) is 0 Å². The van der Waals surface area contributed by atoms with Crippen molar-refractivity contribution >= 4 is 11.8 Å². The van der Waals surface area contributed by atoms with E-state index in [1.807, 2.05) is 6.92 Å². The van der Waals surface area contributed by atoms with Gasteiger partial charge in [-0.25, -0.2) is 0 Å². The summed E-state index contributed by atoms with van der Waals surface area (Å²) in [4.78, 5) is 25.3. The molecule has 7 nitrogen and oxygen atoms in total. The van der Waals surface area contributed by atoms with Crippen LogP contribution < -0.4 is 5.32 Å². The lowest BCUT2D eigenvalue weighted by atomic mass is 10.0. The molecule has 2 rings (SSSR count). The fourth-order valence-corrected chi connectivity index (χ4v) is 2.22. The third-order valence-corrected chi connectivity index (χ3v) is 3.26. The average molecular weight is 265 g/mol. The molecular weight excluding hydrogens is 246 g/mol. The number of H-pyrrole nitrogens is 1. The minimum atomic E-state index is -0.105. The van der Waals surface area contributed by atoms with Crippen molar-refractivity contribution in [1.82, 2.24) is 25.6 Å². The molecule has 0 radical (unpaired) electrons. The number of nitrogens with one attached hydrogen (secondary N) is 2. The monoisotopic (exact) mass is 265 g/mol. The lowest BCUT2D eigenvalue weighted by Gasteiger charge is -2.31. The Balaban J connectivity index is 1.79. The van der Waals surface area contributed by atoms with Gasteiger partial charge in [-0.15, -0.1) is 0 Å². The molecule has 1 aliphatic heterocycles. The molecule has 1 saturated heterocycles. The van der Waals surface area contributed by atoms with Crippen LogP contribution in [0.15, 0.2) is 6.20 Å². The predicted molar refractivity (Wildman–Crippen MR) is 68.4 cm³/mol. The van der Waals surface area contributed by atoms with Crippen molar-refractivity contribution in [1.29, 1.82) is 0 Å². The smallest absolute Gasteiger partial charge is 0.276 e. The highest BCUT2D eigenvalue weighted by atomic mass is 16.2. The first-order valence-electron chi connectivity index (χ1n) is 6.65. The molecule has 0 saturated carbocycles. The van der Waals surface area contributed by atoms with Gasteiger partial charge in [-0.3, -0.25) is 9.59 Å². The van der Waals surface area contributed by atoms with Crippen LogP contribution in [0, 0.1) is 0 Å². The molecule has 1 aliphatic rings. The summed E-state index contributed by atoms with van der Waals surface area (Å²) in [7, 11) is 0. The summed E-state index contributed by atoms with van der Waals surface area (Å²) in [5.41, 5.74) is 0.341. The molecule has 0 aliphatic carbocycles. The molecule has 0 unspecified atom stereocenters. The van der Waals surface area contributed by atoms with Crippen molar-refractivity contribution < 1.29 is 9.59 Å². The maximum atomic E-state index is 12.0. The third kappa shape index (κ3) is 3.52. The average Bonchev–Trinajstić information content (AvgIpc) is 2.93. The van der Waals surface area contributed by atoms with Gasteiger partial charge >= 0.3 is 0 Å². The minimum absolute atomic E-state index is 0.101. The lowest BCUT2D eigenvalue weighted by molar-refractivity contribution is -0.122. The maximum Gasteiger partial charge on any atom is 0.276 e. The van der Waals surface area contributed by atoms with Crippen molar-refractivity contribution in [2.45, 2.75) is 38.6 Å². The Morgan fingerprint density at radius 2 is 2.21 bits per heavy atom. The quantitative estimate of drug-likeness (QED) is 0.820. The normalized spacial score (nSPS) is 16.4. The fourth-order valence-electron chi connectivity index (χ4n) is 2.22. The topological polar surface area (TPSA) is 91.0 Å². The Bertz CT molecular complexity index is 423. The van der Waals surface area contributed by atoms with Gasteiger partial charge < -0.3 is 10.2 Å². The molecule has 19 heavy (non-hydrogen) atoms. The third-order valence-electron chi connectivity index (χ3n) is 3.26. The summed E-state index contributed by atoms with van der Waals surface area (Å²) in [5, 5.41) is 12.9. The Kier molecular flexibility index (Phi) is 4.48. The van der Waals surface area contributed by atoms with Crippen LogP contribution in [0.4, 0.5) is 0 Å². The van der Waals surface area contributed by atoms with Gasteiger partial charge in [0.15, 0.2) is 5.69 Å². The molecular formula is C12H19N5O2. The van der Waals surface area contributed by atoms with Gasteiger partial charge in [0.05, 0.1) is 6.20 Å². The van der Waals surface area contributed by atoms with E-state index >= 15 is 0 Å². The van der Waals surface area contributed by atoms with Crippen molar-refractivity contribution in [3.63, 3.8) is 0 Å². The second-order valence-corrected chi connectivity index (χ2v) is 4.74. The number of amides is 2. The Labute approximate surface area is 111 Å². The lowest BCUT2D eigenvalue weighted by Crippen LogP contribution is -2.46. The van der Waals surface area contributed by atoms with E-state index in [2.05, 4.69) is 20.7 Å². The zero-order valence-electron chi connectivity index (χ0n) is 11.1. The van der Waals surface area contributed by atoms with Crippen LogP contribution in [-0.4, -0.2) is 51.3 Å². The molecule has 2 amide bonds. The van der Waals surface area contributed by atoms with Gasteiger partial charge in [-0.2, -0.15) is 15.4 Å². The zero-order valence-corrected chi connectivity index (χ0v) is 11.1. The van der Waals surface area contributed by atoms with E-state index < -0.39 is 0 Å². The minimum Gasteiger partial charge on any atom is -0.353 e. The molecule has 2 N–H and O–H groups in total. The van der Waals surface area contributed by atoms with Crippen molar-refractivity contribution in [3.05, 3.63) is 11.9 Å². The van der Waals surface area contributed by atoms with E-state index in [9.17, 15) is 9.59 Å². The highest BCUT2D eigenvalue weighted by molar-refractivity contribution is 5.91. The zero-order chi connectivity index (χ0) is 13.7. The summed E-state index contributed by atoms with van der Waals surface area (Å²) in [5.74, 6) is -0.00383. The molecule has 0 spiro atoms. The van der Waals surface area contributed by atoms with Crippen LogP contribution in [0.5, 0.6) is 0 Å². The summed E-state index contributed by atoms with van der Waals surface area (Å²) >= 11 is 0. The van der Waals surface area contributed by atoms with Gasteiger partial charge in [0, 0.05) is 25.6 Å². The number of carbonyl (C=O) groups is 2. The summed E-state index contributed by atoms with van der Waals surface area (Å²) < 4.78 is 0. The van der Waals surface area contributed by atoms with Gasteiger partial charge in [-0.05, 0) is 19.3 Å². The Morgan fingerprint density at radius 3 is 2.79 bits per heavy atom. The second-order valence-electron chi connectivity index (χ2n) is 4.74. The first-order chi connectivity index (χ1) is 9.20. The van der Waals surface area contributed by atoms with Crippen LogP contribution in [-0.2, 0) is 4.79 Å². The molecule has 1 fully saturated rings. The first-order valence-corrected chi connectivity index (χ1v) is 6.65. The number of likely N-dealkylation sites (tertiary alicyclic amines) is 1. The summed E-state index contributed by atoms with van der Waals surface area (Å²) in [6.07, 6.45) is 4.43.